The van der Waals surface area contributed by atoms with Gasteiger partial charge in [0.15, 0.2) is 0 Å². The Morgan fingerprint density at radius 3 is 2.21 bits per heavy atom. The van der Waals surface area contributed by atoms with E-state index in [4.69, 9.17) is 5.73 Å². The monoisotopic (exact) mass is 264 g/mol. The van der Waals surface area contributed by atoms with Crippen molar-refractivity contribution in [2.24, 2.45) is 17.6 Å². The average molecular weight is 264 g/mol. The molecule has 1 aromatic rings. The zero-order chi connectivity index (χ0) is 14.0. The summed E-state index contributed by atoms with van der Waals surface area (Å²) in [4.78, 5) is 2.51. The molecule has 1 aromatic carbocycles. The van der Waals surface area contributed by atoms with Gasteiger partial charge in [0, 0.05) is 25.2 Å². The maximum Gasteiger partial charge on any atom is 0.123 e. The molecule has 2 rings (SSSR count). The second-order valence-corrected chi connectivity index (χ2v) is 6.36. The van der Waals surface area contributed by atoms with E-state index in [1.54, 1.807) is 0 Å². The molecular weight excluding hydrogens is 239 g/mol. The summed E-state index contributed by atoms with van der Waals surface area (Å²) in [6.45, 7) is 9.68. The molecule has 2 nitrogen and oxygen atoms in total. The van der Waals surface area contributed by atoms with E-state index in [1.165, 1.54) is 12.1 Å². The molecule has 1 aliphatic rings. The molecular formula is C16H25FN2. The van der Waals surface area contributed by atoms with Gasteiger partial charge >= 0.3 is 0 Å². The first-order valence-corrected chi connectivity index (χ1v) is 7.14. The molecule has 3 unspecified atom stereocenters. The van der Waals surface area contributed by atoms with Crippen LogP contribution in [0.3, 0.4) is 0 Å². The average Bonchev–Trinajstić information content (AvgIpc) is 2.73. The second kappa shape index (κ2) is 5.59. The third-order valence-corrected chi connectivity index (χ3v) is 4.69. The normalized spacial score (nSPS) is 27.4. The molecule has 0 radical (unpaired) electrons. The van der Waals surface area contributed by atoms with Crippen molar-refractivity contribution in [3.05, 3.63) is 35.6 Å². The number of halogens is 1. The van der Waals surface area contributed by atoms with Crippen LogP contribution in [0.1, 0.15) is 26.3 Å². The highest BCUT2D eigenvalue weighted by Crippen LogP contribution is 2.30. The van der Waals surface area contributed by atoms with Gasteiger partial charge in [0.2, 0.25) is 0 Å². The Balaban J connectivity index is 2.12. The summed E-state index contributed by atoms with van der Waals surface area (Å²) in [7, 11) is 0. The quantitative estimate of drug-likeness (QED) is 0.906. The van der Waals surface area contributed by atoms with Gasteiger partial charge in [0.05, 0.1) is 0 Å². The summed E-state index contributed by atoms with van der Waals surface area (Å²) in [6.07, 6.45) is 0.878. The molecule has 1 heterocycles. The van der Waals surface area contributed by atoms with E-state index in [0.717, 1.165) is 36.9 Å². The number of nitrogens with two attached hydrogens (primary N) is 1. The van der Waals surface area contributed by atoms with Gasteiger partial charge in [-0.1, -0.05) is 26.0 Å². The van der Waals surface area contributed by atoms with Crippen molar-refractivity contribution in [1.29, 1.82) is 0 Å². The third-order valence-electron chi connectivity index (χ3n) is 4.69. The molecule has 2 N–H and O–H groups in total. The van der Waals surface area contributed by atoms with Crippen molar-refractivity contribution in [3.63, 3.8) is 0 Å². The van der Waals surface area contributed by atoms with Gasteiger partial charge in [-0.25, -0.2) is 4.39 Å². The summed E-state index contributed by atoms with van der Waals surface area (Å²) in [5.41, 5.74) is 7.16. The fraction of sp³-hybridized carbons (Fsp3) is 0.625. The van der Waals surface area contributed by atoms with Crippen molar-refractivity contribution in [1.82, 2.24) is 4.90 Å². The highest BCUT2D eigenvalue weighted by Gasteiger charge is 2.37. The molecule has 1 aliphatic heterocycles. The Morgan fingerprint density at radius 2 is 1.74 bits per heavy atom. The molecule has 0 spiro atoms. The number of benzene rings is 1. The van der Waals surface area contributed by atoms with Crippen molar-refractivity contribution >= 4 is 0 Å². The van der Waals surface area contributed by atoms with Crippen LogP contribution in [-0.2, 0) is 6.42 Å². The first-order valence-electron chi connectivity index (χ1n) is 7.14. The van der Waals surface area contributed by atoms with Crippen LogP contribution in [0.2, 0.25) is 0 Å². The molecule has 3 heteroatoms. The standard InChI is InChI=1S/C16H25FN2/c1-12-9-19(10-13(12)2)16(3,11-18)8-14-4-6-15(17)7-5-14/h4-7,12-13H,8-11,18H2,1-3H3. The fourth-order valence-corrected chi connectivity index (χ4v) is 2.93. The Hall–Kier alpha value is -0.930. The van der Waals surface area contributed by atoms with Crippen LogP contribution in [0.4, 0.5) is 4.39 Å². The van der Waals surface area contributed by atoms with Crippen LogP contribution < -0.4 is 5.73 Å². The minimum Gasteiger partial charge on any atom is -0.329 e. The minimum atomic E-state index is -0.179. The lowest BCUT2D eigenvalue weighted by Crippen LogP contribution is -2.52. The number of hydrogen-bond acceptors (Lipinski definition) is 2. The summed E-state index contributed by atoms with van der Waals surface area (Å²) < 4.78 is 13.0. The lowest BCUT2D eigenvalue weighted by Gasteiger charge is -2.38. The summed E-state index contributed by atoms with van der Waals surface area (Å²) in [5, 5.41) is 0. The Kier molecular flexibility index (Phi) is 4.26. The van der Waals surface area contributed by atoms with E-state index in [2.05, 4.69) is 25.7 Å². The van der Waals surface area contributed by atoms with E-state index in [0.29, 0.717) is 6.54 Å². The van der Waals surface area contributed by atoms with Gasteiger partial charge in [-0.3, -0.25) is 4.90 Å². The molecule has 106 valence electrons. The summed E-state index contributed by atoms with van der Waals surface area (Å²) in [5.74, 6) is 1.26. The van der Waals surface area contributed by atoms with Gasteiger partial charge in [0.25, 0.3) is 0 Å². The highest BCUT2D eigenvalue weighted by molar-refractivity contribution is 5.19. The number of hydrogen-bond donors (Lipinski definition) is 1. The number of rotatable bonds is 4. The zero-order valence-corrected chi connectivity index (χ0v) is 12.2. The Morgan fingerprint density at radius 1 is 1.21 bits per heavy atom. The summed E-state index contributed by atoms with van der Waals surface area (Å²) in [6, 6.07) is 6.79. The topological polar surface area (TPSA) is 29.3 Å². The molecule has 0 amide bonds. The largest absolute Gasteiger partial charge is 0.329 e. The van der Waals surface area contributed by atoms with E-state index in [9.17, 15) is 4.39 Å². The van der Waals surface area contributed by atoms with E-state index < -0.39 is 0 Å². The van der Waals surface area contributed by atoms with Gasteiger partial charge in [0.1, 0.15) is 5.82 Å². The van der Waals surface area contributed by atoms with Gasteiger partial charge in [-0.2, -0.15) is 0 Å². The van der Waals surface area contributed by atoms with Crippen LogP contribution in [0.5, 0.6) is 0 Å². The van der Waals surface area contributed by atoms with Crippen LogP contribution in [0, 0.1) is 17.7 Å². The number of likely N-dealkylation sites (tertiary alicyclic amines) is 1. The number of nitrogens with zero attached hydrogens (tertiary/aromatic N) is 1. The van der Waals surface area contributed by atoms with Crippen molar-refractivity contribution in [2.75, 3.05) is 19.6 Å². The zero-order valence-electron chi connectivity index (χ0n) is 12.2. The Labute approximate surface area is 115 Å². The predicted octanol–water partition coefficient (Wildman–Crippen LogP) is 2.67. The minimum absolute atomic E-state index is 0.0309. The lowest BCUT2D eigenvalue weighted by atomic mass is 9.91. The first-order chi connectivity index (χ1) is 8.94. The van der Waals surface area contributed by atoms with Gasteiger partial charge < -0.3 is 5.73 Å². The van der Waals surface area contributed by atoms with Crippen molar-refractivity contribution < 1.29 is 4.39 Å². The smallest absolute Gasteiger partial charge is 0.123 e. The molecule has 0 saturated carbocycles. The van der Waals surface area contributed by atoms with Gasteiger partial charge in [-0.05, 0) is 42.9 Å². The highest BCUT2D eigenvalue weighted by atomic mass is 19.1. The lowest BCUT2D eigenvalue weighted by molar-refractivity contribution is 0.135. The Bertz CT molecular complexity index is 407. The molecule has 1 fully saturated rings. The molecule has 1 saturated heterocycles. The predicted molar refractivity (Wildman–Crippen MR) is 77.5 cm³/mol. The SMILES string of the molecule is CC1CN(C(C)(CN)Cc2ccc(F)cc2)CC1C. The van der Waals surface area contributed by atoms with E-state index in [1.807, 2.05) is 12.1 Å². The molecule has 0 aliphatic carbocycles. The molecule has 0 bridgehead atoms. The van der Waals surface area contributed by atoms with Crippen molar-refractivity contribution in [3.8, 4) is 0 Å². The van der Waals surface area contributed by atoms with Crippen LogP contribution in [0.15, 0.2) is 24.3 Å². The second-order valence-electron chi connectivity index (χ2n) is 6.36. The first kappa shape index (κ1) is 14.5. The van der Waals surface area contributed by atoms with Crippen LogP contribution in [0.25, 0.3) is 0 Å². The maximum atomic E-state index is 13.0. The van der Waals surface area contributed by atoms with Crippen LogP contribution in [-0.4, -0.2) is 30.1 Å². The summed E-state index contributed by atoms with van der Waals surface area (Å²) >= 11 is 0. The molecule has 0 aromatic heterocycles. The van der Waals surface area contributed by atoms with Crippen LogP contribution >= 0.6 is 0 Å². The molecule has 3 atom stereocenters. The third kappa shape index (κ3) is 3.15. The molecule has 19 heavy (non-hydrogen) atoms. The fourth-order valence-electron chi connectivity index (χ4n) is 2.93. The van der Waals surface area contributed by atoms with Crippen molar-refractivity contribution in [2.45, 2.75) is 32.7 Å². The maximum absolute atomic E-state index is 13.0. The van der Waals surface area contributed by atoms with E-state index >= 15 is 0 Å². The van der Waals surface area contributed by atoms with Gasteiger partial charge in [-0.15, -0.1) is 0 Å². The van der Waals surface area contributed by atoms with E-state index in [-0.39, 0.29) is 11.4 Å².